The number of nitrogens with zero attached hydrogens (tertiary/aromatic N) is 2. The molecule has 0 fully saturated rings. The van der Waals surface area contributed by atoms with E-state index >= 15 is 0 Å². The molecule has 0 aliphatic heterocycles. The van der Waals surface area contributed by atoms with Crippen LogP contribution in [0.1, 0.15) is 21.6 Å². The Morgan fingerprint density at radius 1 is 1.29 bits per heavy atom. The third kappa shape index (κ3) is 3.46. The van der Waals surface area contributed by atoms with Crippen molar-refractivity contribution in [2.24, 2.45) is 0 Å². The molecular formula is C19H22N4O. The van der Waals surface area contributed by atoms with Crippen LogP contribution in [0.25, 0.3) is 10.9 Å². The van der Waals surface area contributed by atoms with Crippen molar-refractivity contribution in [2.75, 3.05) is 26.0 Å². The van der Waals surface area contributed by atoms with Crippen LogP contribution in [0.15, 0.2) is 42.7 Å². The van der Waals surface area contributed by atoms with Crippen molar-refractivity contribution >= 4 is 22.5 Å². The molecule has 0 aliphatic rings. The number of aromatic nitrogens is 2. The van der Waals surface area contributed by atoms with Gasteiger partial charge in [0.1, 0.15) is 0 Å². The number of nitrogens with one attached hydrogen (secondary N) is 2. The first-order valence-corrected chi connectivity index (χ1v) is 8.02. The number of likely N-dealkylation sites (N-methyl/N-ethyl adjacent to an activating group) is 1. The number of carbonyl (C=O) groups excluding carboxylic acids is 1. The van der Waals surface area contributed by atoms with Crippen LogP contribution in [-0.2, 0) is 6.42 Å². The lowest BCUT2D eigenvalue weighted by molar-refractivity contribution is 0.102. The lowest BCUT2D eigenvalue weighted by Crippen LogP contribution is -2.15. The van der Waals surface area contributed by atoms with Gasteiger partial charge in [-0.15, -0.1) is 0 Å². The van der Waals surface area contributed by atoms with Crippen LogP contribution in [0.4, 0.5) is 5.69 Å². The van der Waals surface area contributed by atoms with E-state index in [9.17, 15) is 4.79 Å². The summed E-state index contributed by atoms with van der Waals surface area (Å²) in [4.78, 5) is 21.9. The van der Waals surface area contributed by atoms with Crippen LogP contribution in [-0.4, -0.2) is 41.4 Å². The molecule has 2 N–H and O–H groups in total. The molecule has 5 heteroatoms. The molecular weight excluding hydrogens is 300 g/mol. The summed E-state index contributed by atoms with van der Waals surface area (Å²) in [5.41, 5.74) is 4.93. The average molecular weight is 322 g/mol. The van der Waals surface area contributed by atoms with Gasteiger partial charge >= 0.3 is 0 Å². The molecule has 2 heterocycles. The number of rotatable bonds is 5. The molecule has 0 aliphatic carbocycles. The smallest absolute Gasteiger partial charge is 0.257 e. The number of carbonyl (C=O) groups is 1. The molecule has 0 unspecified atom stereocenters. The van der Waals surface area contributed by atoms with Crippen molar-refractivity contribution < 1.29 is 4.79 Å². The maximum absolute atomic E-state index is 12.3. The lowest BCUT2D eigenvalue weighted by atomic mass is 10.1. The number of amides is 1. The van der Waals surface area contributed by atoms with E-state index in [-0.39, 0.29) is 5.91 Å². The van der Waals surface area contributed by atoms with E-state index in [1.165, 1.54) is 16.6 Å². The Morgan fingerprint density at radius 3 is 2.83 bits per heavy atom. The first-order valence-electron chi connectivity index (χ1n) is 8.02. The second-order valence-corrected chi connectivity index (χ2v) is 6.24. The summed E-state index contributed by atoms with van der Waals surface area (Å²) < 4.78 is 0. The zero-order valence-electron chi connectivity index (χ0n) is 14.3. The summed E-state index contributed by atoms with van der Waals surface area (Å²) in [6.07, 6.45) is 4.19. The molecule has 0 saturated heterocycles. The number of hydrogen-bond donors (Lipinski definition) is 2. The highest BCUT2D eigenvalue weighted by Crippen LogP contribution is 2.26. The van der Waals surface area contributed by atoms with E-state index in [4.69, 9.17) is 0 Å². The molecule has 3 rings (SSSR count). The highest BCUT2D eigenvalue weighted by atomic mass is 16.1. The molecule has 0 radical (unpaired) electrons. The van der Waals surface area contributed by atoms with Gasteiger partial charge in [0.2, 0.25) is 0 Å². The minimum atomic E-state index is -0.149. The summed E-state index contributed by atoms with van der Waals surface area (Å²) >= 11 is 0. The molecule has 0 spiro atoms. The molecule has 0 bridgehead atoms. The summed E-state index contributed by atoms with van der Waals surface area (Å²) in [6, 6.07) is 9.48. The third-order valence-electron chi connectivity index (χ3n) is 4.11. The molecule has 5 nitrogen and oxygen atoms in total. The summed E-state index contributed by atoms with van der Waals surface area (Å²) in [5, 5.41) is 4.11. The standard InChI is InChI=1S/C19H22N4O/c1-13-16(8-10-23(2)3)17-11-15(6-7-18(17)21-13)22-19(24)14-5-4-9-20-12-14/h4-7,9,11-12,21H,8,10H2,1-3H3,(H,22,24). The van der Waals surface area contributed by atoms with Gasteiger partial charge in [0, 0.05) is 41.2 Å². The van der Waals surface area contributed by atoms with Crippen molar-refractivity contribution in [3.8, 4) is 0 Å². The summed E-state index contributed by atoms with van der Waals surface area (Å²) in [5.74, 6) is -0.149. The van der Waals surface area contributed by atoms with Crippen molar-refractivity contribution in [3.63, 3.8) is 0 Å². The number of fused-ring (bicyclic) bond motifs is 1. The van der Waals surface area contributed by atoms with Gasteiger partial charge in [-0.3, -0.25) is 9.78 Å². The van der Waals surface area contributed by atoms with Crippen molar-refractivity contribution in [2.45, 2.75) is 13.3 Å². The Labute approximate surface area is 141 Å². The monoisotopic (exact) mass is 322 g/mol. The summed E-state index contributed by atoms with van der Waals surface area (Å²) in [7, 11) is 4.15. The van der Waals surface area contributed by atoms with E-state index in [2.05, 4.69) is 41.2 Å². The first kappa shape index (κ1) is 16.2. The van der Waals surface area contributed by atoms with E-state index in [1.54, 1.807) is 24.5 Å². The van der Waals surface area contributed by atoms with Gasteiger partial charge in [0.05, 0.1) is 5.56 Å². The number of H-pyrrole nitrogens is 1. The van der Waals surface area contributed by atoms with E-state index in [0.29, 0.717) is 5.56 Å². The minimum absolute atomic E-state index is 0.149. The van der Waals surface area contributed by atoms with Gasteiger partial charge in [0.25, 0.3) is 5.91 Å². The highest BCUT2D eigenvalue weighted by molar-refractivity contribution is 6.05. The zero-order valence-corrected chi connectivity index (χ0v) is 14.3. The molecule has 124 valence electrons. The number of aryl methyl sites for hydroxylation is 1. The second kappa shape index (κ2) is 6.84. The van der Waals surface area contributed by atoms with Gasteiger partial charge in [0.15, 0.2) is 0 Å². The minimum Gasteiger partial charge on any atom is -0.358 e. The fraction of sp³-hybridized carbons (Fsp3) is 0.263. The molecule has 24 heavy (non-hydrogen) atoms. The van der Waals surface area contributed by atoms with Crippen LogP contribution in [0, 0.1) is 6.92 Å². The van der Waals surface area contributed by atoms with Crippen LogP contribution in [0.5, 0.6) is 0 Å². The number of pyridine rings is 1. The van der Waals surface area contributed by atoms with Crippen LogP contribution >= 0.6 is 0 Å². The van der Waals surface area contributed by atoms with Gasteiger partial charge < -0.3 is 15.2 Å². The van der Waals surface area contributed by atoms with Gasteiger partial charge in [-0.1, -0.05) is 0 Å². The Kier molecular flexibility index (Phi) is 4.62. The summed E-state index contributed by atoms with van der Waals surface area (Å²) in [6.45, 7) is 3.08. The van der Waals surface area contributed by atoms with E-state index in [0.717, 1.165) is 24.2 Å². The van der Waals surface area contributed by atoms with Crippen LogP contribution in [0.2, 0.25) is 0 Å². The van der Waals surface area contributed by atoms with Crippen LogP contribution in [0.3, 0.4) is 0 Å². The highest BCUT2D eigenvalue weighted by Gasteiger charge is 2.11. The Bertz CT molecular complexity index is 852. The van der Waals surface area contributed by atoms with Gasteiger partial charge in [-0.25, -0.2) is 0 Å². The van der Waals surface area contributed by atoms with Gasteiger partial charge in [-0.05, 0) is 63.3 Å². The quantitative estimate of drug-likeness (QED) is 0.758. The molecule has 3 aromatic rings. The third-order valence-corrected chi connectivity index (χ3v) is 4.11. The Balaban J connectivity index is 1.87. The second-order valence-electron chi connectivity index (χ2n) is 6.24. The largest absolute Gasteiger partial charge is 0.358 e. The Morgan fingerprint density at radius 2 is 2.12 bits per heavy atom. The Hall–Kier alpha value is -2.66. The van der Waals surface area contributed by atoms with E-state index < -0.39 is 0 Å². The van der Waals surface area contributed by atoms with Gasteiger partial charge in [-0.2, -0.15) is 0 Å². The normalized spacial score (nSPS) is 11.2. The number of aromatic amines is 1. The predicted molar refractivity (Wildman–Crippen MR) is 97.5 cm³/mol. The average Bonchev–Trinajstić information content (AvgIpc) is 2.88. The van der Waals surface area contributed by atoms with Crippen LogP contribution < -0.4 is 5.32 Å². The lowest BCUT2D eigenvalue weighted by Gasteiger charge is -2.10. The SMILES string of the molecule is Cc1[nH]c2ccc(NC(=O)c3cccnc3)cc2c1CCN(C)C. The molecule has 2 aromatic heterocycles. The first-order chi connectivity index (χ1) is 11.5. The molecule has 0 atom stereocenters. The fourth-order valence-corrected chi connectivity index (χ4v) is 2.82. The molecule has 0 saturated carbocycles. The van der Waals surface area contributed by atoms with E-state index in [1.807, 2.05) is 18.2 Å². The molecule has 1 amide bonds. The topological polar surface area (TPSA) is 61.0 Å². The number of hydrogen-bond acceptors (Lipinski definition) is 3. The predicted octanol–water partition coefficient (Wildman–Crippen LogP) is 3.23. The fourth-order valence-electron chi connectivity index (χ4n) is 2.82. The molecule has 1 aromatic carbocycles. The number of anilines is 1. The van der Waals surface area contributed by atoms with Crippen molar-refractivity contribution in [3.05, 3.63) is 59.5 Å². The maximum atomic E-state index is 12.3. The van der Waals surface area contributed by atoms with Crippen molar-refractivity contribution in [1.29, 1.82) is 0 Å². The van der Waals surface area contributed by atoms with Crippen molar-refractivity contribution in [1.82, 2.24) is 14.9 Å². The zero-order chi connectivity index (χ0) is 17.1. The maximum Gasteiger partial charge on any atom is 0.257 e. The number of benzene rings is 1.